The molecule has 4 rings (SSSR count). The molecule has 0 amide bonds. The van der Waals surface area contributed by atoms with Crippen LogP contribution >= 0.6 is 0 Å². The van der Waals surface area contributed by atoms with Crippen LogP contribution in [0, 0.1) is 0 Å². The average Bonchev–Trinajstić information content (AvgIpc) is 3.05. The molecular formula is C15H12N4. The van der Waals surface area contributed by atoms with Gasteiger partial charge in [0.05, 0.1) is 17.4 Å². The highest BCUT2D eigenvalue weighted by Gasteiger charge is 2.07. The molecule has 3 heterocycles. The minimum Gasteiger partial charge on any atom is -0.346 e. The standard InChI is InChI=1S/C15H12N4/c1-19-9-18-13-8-10(2-3-14(13)19)11-4-6-16-15-12(11)5-7-17-15/h2-9H,1H3,(H,16,17). The largest absolute Gasteiger partial charge is 0.346 e. The summed E-state index contributed by atoms with van der Waals surface area (Å²) in [6.45, 7) is 0. The second-order valence-electron chi connectivity index (χ2n) is 4.66. The lowest BCUT2D eigenvalue weighted by Crippen LogP contribution is -1.85. The molecule has 0 radical (unpaired) electrons. The first kappa shape index (κ1) is 10.3. The van der Waals surface area contributed by atoms with Crippen LogP contribution < -0.4 is 0 Å². The van der Waals surface area contributed by atoms with Crippen LogP contribution in [-0.2, 0) is 7.05 Å². The van der Waals surface area contributed by atoms with Crippen LogP contribution in [0.5, 0.6) is 0 Å². The third kappa shape index (κ3) is 1.46. The predicted octanol–water partition coefficient (Wildman–Crippen LogP) is 3.12. The Morgan fingerprint density at radius 3 is 3.00 bits per heavy atom. The molecule has 0 aliphatic heterocycles. The van der Waals surface area contributed by atoms with Crippen molar-refractivity contribution in [2.24, 2.45) is 7.05 Å². The number of nitrogens with zero attached hydrogens (tertiary/aromatic N) is 3. The number of rotatable bonds is 1. The van der Waals surface area contributed by atoms with E-state index in [-0.39, 0.29) is 0 Å². The van der Waals surface area contributed by atoms with Crippen molar-refractivity contribution in [3.05, 3.63) is 49.1 Å². The number of imidazole rings is 1. The van der Waals surface area contributed by atoms with Crippen LogP contribution in [0.1, 0.15) is 0 Å². The van der Waals surface area contributed by atoms with E-state index in [1.807, 2.05) is 36.4 Å². The monoisotopic (exact) mass is 248 g/mol. The Kier molecular flexibility index (Phi) is 2.00. The Bertz CT molecular complexity index is 885. The molecule has 0 spiro atoms. The van der Waals surface area contributed by atoms with Gasteiger partial charge >= 0.3 is 0 Å². The molecule has 0 saturated carbocycles. The maximum absolute atomic E-state index is 4.41. The molecule has 0 atom stereocenters. The molecule has 0 fully saturated rings. The van der Waals surface area contributed by atoms with Crippen molar-refractivity contribution < 1.29 is 0 Å². The van der Waals surface area contributed by atoms with Gasteiger partial charge in [0.25, 0.3) is 0 Å². The lowest BCUT2D eigenvalue weighted by molar-refractivity contribution is 0.948. The van der Waals surface area contributed by atoms with Gasteiger partial charge in [0.1, 0.15) is 5.65 Å². The van der Waals surface area contributed by atoms with Gasteiger partial charge in [-0.25, -0.2) is 9.97 Å². The van der Waals surface area contributed by atoms with E-state index >= 15 is 0 Å². The number of aromatic nitrogens is 4. The summed E-state index contributed by atoms with van der Waals surface area (Å²) in [6, 6.07) is 10.5. The molecule has 4 heteroatoms. The highest BCUT2D eigenvalue weighted by molar-refractivity contribution is 5.95. The molecule has 19 heavy (non-hydrogen) atoms. The molecule has 1 aromatic carbocycles. The van der Waals surface area contributed by atoms with E-state index in [0.717, 1.165) is 22.1 Å². The third-order valence-electron chi connectivity index (χ3n) is 3.50. The number of pyridine rings is 1. The Balaban J connectivity index is 2.01. The molecule has 0 saturated heterocycles. The molecule has 0 unspecified atom stereocenters. The molecular weight excluding hydrogens is 236 g/mol. The first-order valence-electron chi connectivity index (χ1n) is 6.16. The Morgan fingerprint density at radius 2 is 2.05 bits per heavy atom. The Hall–Kier alpha value is -2.62. The van der Waals surface area contributed by atoms with Crippen LogP contribution in [0.25, 0.3) is 33.2 Å². The van der Waals surface area contributed by atoms with Crippen LogP contribution in [0.15, 0.2) is 49.1 Å². The topological polar surface area (TPSA) is 46.5 Å². The van der Waals surface area contributed by atoms with Gasteiger partial charge in [-0.2, -0.15) is 0 Å². The Morgan fingerprint density at radius 1 is 1.11 bits per heavy atom. The van der Waals surface area contributed by atoms with Crippen molar-refractivity contribution in [1.29, 1.82) is 0 Å². The Labute approximate surface area is 109 Å². The molecule has 1 N–H and O–H groups in total. The van der Waals surface area contributed by atoms with Gasteiger partial charge in [0.15, 0.2) is 0 Å². The van der Waals surface area contributed by atoms with E-state index in [1.54, 1.807) is 0 Å². The number of nitrogens with one attached hydrogen (secondary N) is 1. The summed E-state index contributed by atoms with van der Waals surface area (Å²) < 4.78 is 2.03. The number of hydrogen-bond donors (Lipinski definition) is 1. The van der Waals surface area contributed by atoms with Gasteiger partial charge in [0, 0.05) is 24.8 Å². The molecule has 0 aliphatic carbocycles. The summed E-state index contributed by atoms with van der Waals surface area (Å²) in [7, 11) is 2.01. The van der Waals surface area contributed by atoms with E-state index in [1.165, 1.54) is 11.1 Å². The fourth-order valence-electron chi connectivity index (χ4n) is 2.52. The van der Waals surface area contributed by atoms with E-state index < -0.39 is 0 Å². The van der Waals surface area contributed by atoms with Crippen molar-refractivity contribution in [2.45, 2.75) is 0 Å². The second kappa shape index (κ2) is 3.68. The van der Waals surface area contributed by atoms with E-state index in [2.05, 4.69) is 39.2 Å². The molecule has 4 nitrogen and oxygen atoms in total. The first-order chi connectivity index (χ1) is 9.33. The van der Waals surface area contributed by atoms with Gasteiger partial charge < -0.3 is 9.55 Å². The molecule has 0 aliphatic rings. The lowest BCUT2D eigenvalue weighted by atomic mass is 10.0. The zero-order valence-electron chi connectivity index (χ0n) is 10.5. The summed E-state index contributed by atoms with van der Waals surface area (Å²) in [5.74, 6) is 0. The van der Waals surface area contributed by atoms with Gasteiger partial charge in [-0.05, 0) is 35.4 Å². The third-order valence-corrected chi connectivity index (χ3v) is 3.50. The SMILES string of the molecule is Cn1cnc2cc(-c3ccnc4[nH]ccc34)ccc21. The zero-order chi connectivity index (χ0) is 12.8. The number of H-pyrrole nitrogens is 1. The van der Waals surface area contributed by atoms with Crippen molar-refractivity contribution in [2.75, 3.05) is 0 Å². The quantitative estimate of drug-likeness (QED) is 0.562. The number of hydrogen-bond acceptors (Lipinski definition) is 2. The van der Waals surface area contributed by atoms with Crippen molar-refractivity contribution in [3.63, 3.8) is 0 Å². The smallest absolute Gasteiger partial charge is 0.137 e. The number of aromatic amines is 1. The molecule has 4 aromatic rings. The highest BCUT2D eigenvalue weighted by Crippen LogP contribution is 2.28. The summed E-state index contributed by atoms with van der Waals surface area (Å²) >= 11 is 0. The average molecular weight is 248 g/mol. The van der Waals surface area contributed by atoms with Gasteiger partial charge in [0.2, 0.25) is 0 Å². The molecule has 0 bridgehead atoms. The minimum absolute atomic E-state index is 0.915. The van der Waals surface area contributed by atoms with Crippen LogP contribution in [0.4, 0.5) is 0 Å². The number of aryl methyl sites for hydroxylation is 1. The number of benzene rings is 1. The molecule has 3 aromatic heterocycles. The summed E-state index contributed by atoms with van der Waals surface area (Å²) in [4.78, 5) is 11.9. The van der Waals surface area contributed by atoms with Crippen molar-refractivity contribution in [3.8, 4) is 11.1 Å². The van der Waals surface area contributed by atoms with Crippen LogP contribution in [0.3, 0.4) is 0 Å². The second-order valence-corrected chi connectivity index (χ2v) is 4.66. The molecule has 92 valence electrons. The van der Waals surface area contributed by atoms with Gasteiger partial charge in [-0.3, -0.25) is 0 Å². The van der Waals surface area contributed by atoms with E-state index in [0.29, 0.717) is 0 Å². The fraction of sp³-hybridized carbons (Fsp3) is 0.0667. The van der Waals surface area contributed by atoms with Gasteiger partial charge in [-0.15, -0.1) is 0 Å². The van der Waals surface area contributed by atoms with Gasteiger partial charge in [-0.1, -0.05) is 6.07 Å². The van der Waals surface area contributed by atoms with Crippen molar-refractivity contribution >= 4 is 22.1 Å². The summed E-state index contributed by atoms with van der Waals surface area (Å²) in [5.41, 5.74) is 5.42. The first-order valence-corrected chi connectivity index (χ1v) is 6.16. The highest BCUT2D eigenvalue weighted by atomic mass is 15.0. The minimum atomic E-state index is 0.915. The maximum atomic E-state index is 4.41. The zero-order valence-corrected chi connectivity index (χ0v) is 10.5. The van der Waals surface area contributed by atoms with Crippen LogP contribution in [0.2, 0.25) is 0 Å². The number of fused-ring (bicyclic) bond motifs is 2. The van der Waals surface area contributed by atoms with Crippen molar-refractivity contribution in [1.82, 2.24) is 19.5 Å². The predicted molar refractivity (Wildman–Crippen MR) is 75.8 cm³/mol. The maximum Gasteiger partial charge on any atom is 0.137 e. The van der Waals surface area contributed by atoms with Crippen LogP contribution in [-0.4, -0.2) is 19.5 Å². The summed E-state index contributed by atoms with van der Waals surface area (Å²) in [6.07, 6.45) is 5.59. The lowest BCUT2D eigenvalue weighted by Gasteiger charge is -2.03. The van der Waals surface area contributed by atoms with E-state index in [4.69, 9.17) is 0 Å². The normalized spacial score (nSPS) is 11.4. The summed E-state index contributed by atoms with van der Waals surface area (Å²) in [5, 5.41) is 1.14. The fourth-order valence-corrected chi connectivity index (χ4v) is 2.52. The van der Waals surface area contributed by atoms with E-state index in [9.17, 15) is 0 Å².